The third-order valence-electron chi connectivity index (χ3n) is 22.4. The van der Waals surface area contributed by atoms with Gasteiger partial charge in [-0.05, 0) is 45.0 Å². The Balaban J connectivity index is 0.000000161. The van der Waals surface area contributed by atoms with Crippen LogP contribution in [-0.2, 0) is 97.7 Å². The van der Waals surface area contributed by atoms with E-state index in [0.717, 1.165) is 32.7 Å². The van der Waals surface area contributed by atoms with E-state index in [9.17, 15) is 97.4 Å². The van der Waals surface area contributed by atoms with Crippen molar-refractivity contribution in [2.45, 2.75) is 168 Å². The van der Waals surface area contributed by atoms with Crippen molar-refractivity contribution in [1.29, 1.82) is 0 Å². The number of nitrogens with one attached hydrogen (secondary N) is 3. The van der Waals surface area contributed by atoms with E-state index in [0.29, 0.717) is 11.6 Å². The second kappa shape index (κ2) is 42.8. The fourth-order valence-electron chi connectivity index (χ4n) is 16.0. The van der Waals surface area contributed by atoms with Gasteiger partial charge in [0.2, 0.25) is 17.8 Å². The third-order valence-corrected chi connectivity index (χ3v) is 25.4. The van der Waals surface area contributed by atoms with Gasteiger partial charge in [-0.1, -0.05) is 36.4 Å². The van der Waals surface area contributed by atoms with Crippen LogP contribution in [-0.4, -0.2) is 337 Å². The first kappa shape index (κ1) is 102. The van der Waals surface area contributed by atoms with Crippen LogP contribution in [0.2, 0.25) is 0 Å². The van der Waals surface area contributed by atoms with Crippen LogP contribution in [0.25, 0.3) is 33.5 Å². The van der Waals surface area contributed by atoms with Crippen molar-refractivity contribution < 1.29 is 153 Å². The SMILES string of the molecule is CO[C@H]1C(O)[C@@H](COP(=O)(O)OC2[C@@H](CO)O[C@@H](n3cnc4c(=O)[nH]c(C)nc43)[C@H]2OC)O[C@H]1n1cnc(N)nc1=O.CO[C@H]1C(OP(=O)(O)OC[C@H]2O[C@@H](n3cnc4c(=O)[nH]c(C)nc43)[C@@H](OC)C2O)[C@@H](CO)O[C@H]1n1cnc(N)nc1=O.Cc1nc2c(ncn2[C@@H]2O[C@H](CO)C(OP(=O)(O)OC[C@H]3O[C@@H](n4cnc(N)nc4=O)[C@@H](OC(=O)c4ccccc4)C3O)[C@@H]2OC(=O)c2ccccc2)c(=O)[nH]1. The van der Waals surface area contributed by atoms with Gasteiger partial charge < -0.3 is 134 Å². The summed E-state index contributed by atoms with van der Waals surface area (Å²) in [6, 6.07) is 15.5. The van der Waals surface area contributed by atoms with Crippen LogP contribution >= 0.6 is 23.5 Å². The number of esters is 2. The highest BCUT2D eigenvalue weighted by molar-refractivity contribution is 7.48. The molecule has 0 saturated carbocycles. The smallest absolute Gasteiger partial charge is 0.451 e. The highest BCUT2D eigenvalue weighted by Crippen LogP contribution is 2.54. The molecular weight excluding hydrogens is 1940 g/mol. The van der Waals surface area contributed by atoms with Crippen molar-refractivity contribution in [3.8, 4) is 0 Å². The number of aromatic amines is 3. The molecule has 6 saturated heterocycles. The molecule has 140 heavy (non-hydrogen) atoms. The molecule has 65 heteroatoms. The number of phosphoric acid groups is 3. The molecule has 62 nitrogen and oxygen atoms in total. The lowest BCUT2D eigenvalue weighted by Crippen LogP contribution is -2.40. The van der Waals surface area contributed by atoms with Gasteiger partial charge in [0.1, 0.15) is 134 Å². The molecule has 18 N–H and O–H groups in total. The van der Waals surface area contributed by atoms with Gasteiger partial charge in [0.25, 0.3) is 16.7 Å². The zero-order valence-corrected chi connectivity index (χ0v) is 76.5. The summed E-state index contributed by atoms with van der Waals surface area (Å²) >= 11 is 0. The molecule has 2 aromatic carbocycles. The Morgan fingerprint density at radius 1 is 0.364 bits per heavy atom. The number of imidazole rings is 3. The molecule has 9 unspecified atom stereocenters. The molecule has 6 aliphatic rings. The maximum Gasteiger partial charge on any atom is 0.472 e. The number of anilines is 3. The molecule has 9 aromatic heterocycles. The minimum absolute atomic E-state index is 0.00725. The Kier molecular flexibility index (Phi) is 31.3. The van der Waals surface area contributed by atoms with E-state index in [1.807, 2.05) is 0 Å². The van der Waals surface area contributed by atoms with E-state index < -0.39 is 256 Å². The number of benzene rings is 2. The molecule has 0 bridgehead atoms. The number of aliphatic hydroxyl groups excluding tert-OH is 6. The summed E-state index contributed by atoms with van der Waals surface area (Å²) in [5, 5.41) is 62.9. The number of hydrogen-bond acceptors (Lipinski definition) is 50. The van der Waals surface area contributed by atoms with Crippen molar-refractivity contribution >= 4 is 86.7 Å². The van der Waals surface area contributed by atoms with Gasteiger partial charge in [0.15, 0.2) is 83.1 Å². The van der Waals surface area contributed by atoms with Crippen molar-refractivity contribution in [2.24, 2.45) is 0 Å². The number of rotatable bonds is 32. The van der Waals surface area contributed by atoms with E-state index >= 15 is 0 Å². The Labute approximate surface area is 781 Å². The van der Waals surface area contributed by atoms with E-state index in [1.54, 1.807) is 50.2 Å². The first-order valence-corrected chi connectivity index (χ1v) is 46.1. The molecule has 0 spiro atoms. The monoisotopic (exact) mass is 2030 g/mol. The molecule has 15 heterocycles. The van der Waals surface area contributed by atoms with Crippen molar-refractivity contribution in [3.63, 3.8) is 0 Å². The Bertz CT molecular complexity index is 6840. The second-order valence-corrected chi connectivity index (χ2v) is 35.5. The number of methoxy groups -OCH3 is 4. The highest BCUT2D eigenvalue weighted by Gasteiger charge is 2.57. The summed E-state index contributed by atoms with van der Waals surface area (Å²) in [5.74, 6) is -1.86. The number of phosphoric ester groups is 3. The zero-order valence-electron chi connectivity index (χ0n) is 73.8. The van der Waals surface area contributed by atoms with Gasteiger partial charge in [0, 0.05) is 28.4 Å². The van der Waals surface area contributed by atoms with Crippen molar-refractivity contribution in [3.05, 3.63) is 190 Å². The number of nitrogens with zero attached hydrogens (tertiary/aromatic N) is 18. The highest BCUT2D eigenvalue weighted by atomic mass is 31.2. The van der Waals surface area contributed by atoms with Crippen LogP contribution < -0.4 is 50.9 Å². The summed E-state index contributed by atoms with van der Waals surface area (Å²) in [6.45, 7) is 0.327. The van der Waals surface area contributed by atoms with Crippen LogP contribution in [0.5, 0.6) is 0 Å². The molecule has 6 fully saturated rings. The number of aryl methyl sites for hydroxylation is 3. The van der Waals surface area contributed by atoms with Crippen LogP contribution in [0.1, 0.15) is 75.6 Å². The molecule has 0 radical (unpaired) electrons. The topological polar surface area (TPSA) is 846 Å². The molecule has 754 valence electrons. The first-order valence-electron chi connectivity index (χ1n) is 41.6. The van der Waals surface area contributed by atoms with E-state index in [2.05, 4.69) is 74.8 Å². The molecule has 11 aromatic rings. The summed E-state index contributed by atoms with van der Waals surface area (Å²) in [4.78, 5) is 187. The van der Waals surface area contributed by atoms with Gasteiger partial charge in [-0.2, -0.15) is 15.0 Å². The van der Waals surface area contributed by atoms with Crippen molar-refractivity contribution in [1.82, 2.24) is 102 Å². The normalized spacial score (nSPS) is 29.0. The van der Waals surface area contributed by atoms with Gasteiger partial charge >= 0.3 is 52.5 Å². The minimum atomic E-state index is -5.28. The van der Waals surface area contributed by atoms with Crippen LogP contribution in [0.4, 0.5) is 17.8 Å². The predicted molar refractivity (Wildman–Crippen MR) is 460 cm³/mol. The quantitative estimate of drug-likeness (QED) is 0.0138. The molecular formula is C75H91N24O38P3. The Morgan fingerprint density at radius 2 is 0.621 bits per heavy atom. The molecule has 0 amide bonds. The second-order valence-electron chi connectivity index (χ2n) is 31.3. The lowest BCUT2D eigenvalue weighted by Gasteiger charge is -2.26. The van der Waals surface area contributed by atoms with E-state index in [4.69, 9.17) is 101 Å². The summed E-state index contributed by atoms with van der Waals surface area (Å²) in [7, 11) is -10.0. The Morgan fingerprint density at radius 3 is 0.929 bits per heavy atom. The van der Waals surface area contributed by atoms with Gasteiger partial charge in [-0.15, -0.1) is 0 Å². The number of carbonyl (C=O) groups is 2. The van der Waals surface area contributed by atoms with Gasteiger partial charge in [-0.3, -0.25) is 68.9 Å². The average Bonchev–Trinajstić information content (AvgIpc) is 1.61. The Hall–Kier alpha value is -12.1. The number of H-pyrrole nitrogens is 3. The summed E-state index contributed by atoms with van der Waals surface area (Å²) in [5.41, 5.74) is 12.7. The number of nitrogens with two attached hydrogens (primary N) is 3. The minimum Gasteiger partial charge on any atom is -0.451 e. The first-order chi connectivity index (χ1) is 66.8. The lowest BCUT2D eigenvalue weighted by atomic mass is 10.1. The van der Waals surface area contributed by atoms with E-state index in [-0.39, 0.29) is 68.3 Å². The van der Waals surface area contributed by atoms with Gasteiger partial charge in [-0.25, -0.2) is 82.5 Å². The van der Waals surface area contributed by atoms with Crippen LogP contribution in [0.3, 0.4) is 0 Å². The maximum atomic E-state index is 13.6. The number of aromatic nitrogens is 21. The fourth-order valence-corrected chi connectivity index (χ4v) is 18.8. The molecule has 0 aliphatic carbocycles. The van der Waals surface area contributed by atoms with E-state index in [1.165, 1.54) is 92.3 Å². The number of hydrogen-bond donors (Lipinski definition) is 15. The zero-order chi connectivity index (χ0) is 100. The third kappa shape index (κ3) is 21.7. The van der Waals surface area contributed by atoms with Crippen LogP contribution in [0, 0.1) is 20.8 Å². The number of fused-ring (bicyclic) bond motifs is 3. The predicted octanol–water partition coefficient (Wildman–Crippen LogP) is -5.55. The van der Waals surface area contributed by atoms with Gasteiger partial charge in [0.05, 0.1) is 69.8 Å². The van der Waals surface area contributed by atoms with Crippen molar-refractivity contribution in [2.75, 3.05) is 85.3 Å². The number of carbonyl (C=O) groups excluding carboxylic acids is 2. The number of ether oxygens (including phenoxy) is 12. The molecule has 17 rings (SSSR count). The maximum absolute atomic E-state index is 13.6. The summed E-state index contributed by atoms with van der Waals surface area (Å²) in [6.07, 6.45) is -25.1. The number of aliphatic hydroxyl groups is 6. The number of nitrogen functional groups attached to an aromatic ring is 3. The lowest BCUT2D eigenvalue weighted by molar-refractivity contribution is -0.0665. The largest absolute Gasteiger partial charge is 0.472 e. The van der Waals surface area contributed by atoms with Crippen LogP contribution in [0.15, 0.2) is 127 Å². The molecule has 27 atom stereocenters. The molecule has 6 aliphatic heterocycles. The standard InChI is InChI=1S/C33H33N8O14P.2C21H29N8O12P/c1-16-37-26-21(27(44)38-16)35-14-40(26)29-25(54-31(46)18-10-6-3-7-11-18)23(19(12-42)51-29)55-56(48,49)50-13-20-22(43)24(53-30(45)17-8-4-2-5-9-17)28(52-20)41-15-36-32(34)39-33(41)47;1-8-25-16-11(17(32)26-8)23-6-28(16)19-15(37-3)13(9(4-30)39-19)41-42(34,35)38-5-10-12(31)14(36-2)18(40-10)29-7-24-20(22)27-21(29)33;1-8-25-16-11(17(32)26-8)23-6-28(16)18-14(36-2)12(31)10(40-18)5-38-42(34,35)41-13-9(4-30)39-19(15(13)37-3)29-7-24-20(22)27-21(29)33/h2-11,14-15,19-20,22-25,28-29,42-43H,12-13H2,1H3,(H,48,49)(H2,34,39,47)(H,37,38,44);2*6-7,9-10,12-15,18-19,30-31H,4-5H2,1-3H3,(H,34,35)(H2,22,27,33)(H,25,26,32)/t19-,20-,22?,23?,24+,25+,28-,29-;2*9-,10-,12?,13?,14+,15+,18-,19-/m111/s1. The average molecular weight is 2030 g/mol. The fraction of sp³-hybridized carbons (Fsp3) is 0.493. The summed E-state index contributed by atoms with van der Waals surface area (Å²) < 4.78 is 146.